The van der Waals surface area contributed by atoms with Gasteiger partial charge < -0.3 is 11.1 Å². The minimum Gasteiger partial charge on any atom is -0.356 e. The predicted octanol–water partition coefficient (Wildman–Crippen LogP) is 1.67. The lowest BCUT2D eigenvalue weighted by atomic mass is 9.84. The van der Waals surface area contributed by atoms with E-state index >= 15 is 0 Å². The Morgan fingerprint density at radius 1 is 1.47 bits per heavy atom. The smallest absolute Gasteiger partial charge is 0.223 e. The molecule has 3 N–H and O–H groups in total. The Bertz CT molecular complexity index is 184. The molecule has 0 heterocycles. The van der Waals surface area contributed by atoms with Crippen molar-refractivity contribution in [1.82, 2.24) is 5.32 Å². The normalized spacial score (nSPS) is 18.3. The summed E-state index contributed by atoms with van der Waals surface area (Å²) in [6.07, 6.45) is 6.76. The van der Waals surface area contributed by atoms with E-state index in [0.29, 0.717) is 11.8 Å². The summed E-state index contributed by atoms with van der Waals surface area (Å²) in [6, 6.07) is 0. The van der Waals surface area contributed by atoms with E-state index in [9.17, 15) is 4.79 Å². The van der Waals surface area contributed by atoms with Gasteiger partial charge in [0.15, 0.2) is 0 Å². The van der Waals surface area contributed by atoms with Gasteiger partial charge in [0.05, 0.1) is 0 Å². The van der Waals surface area contributed by atoms with E-state index in [0.717, 1.165) is 32.4 Å². The zero-order valence-corrected chi connectivity index (χ0v) is 9.80. The maximum absolute atomic E-state index is 11.6. The Kier molecular flexibility index (Phi) is 5.69. The maximum Gasteiger partial charge on any atom is 0.223 e. The number of amides is 1. The second-order valence-corrected chi connectivity index (χ2v) is 4.61. The Morgan fingerprint density at radius 3 is 2.67 bits per heavy atom. The van der Waals surface area contributed by atoms with Gasteiger partial charge in [0, 0.05) is 12.5 Å². The van der Waals surface area contributed by atoms with Gasteiger partial charge >= 0.3 is 0 Å². The lowest BCUT2D eigenvalue weighted by molar-refractivity contribution is -0.127. The first kappa shape index (κ1) is 12.5. The standard InChI is InChI=1S/C12H24N2O/c1-2-4-10(7-8-13)9-14-12(15)11-5-3-6-11/h10-11H,2-9,13H2,1H3,(H,14,15). The molecule has 1 atom stereocenters. The van der Waals surface area contributed by atoms with Crippen LogP contribution in [0.3, 0.4) is 0 Å². The second kappa shape index (κ2) is 6.83. The fourth-order valence-corrected chi connectivity index (χ4v) is 2.05. The van der Waals surface area contributed by atoms with Gasteiger partial charge in [0.25, 0.3) is 0 Å². The van der Waals surface area contributed by atoms with Crippen LogP contribution in [0.5, 0.6) is 0 Å². The molecular weight excluding hydrogens is 188 g/mol. The average molecular weight is 212 g/mol. The molecule has 1 fully saturated rings. The summed E-state index contributed by atoms with van der Waals surface area (Å²) in [6.45, 7) is 3.72. The minimum atomic E-state index is 0.263. The van der Waals surface area contributed by atoms with Crippen LogP contribution >= 0.6 is 0 Å². The summed E-state index contributed by atoms with van der Waals surface area (Å²) in [4.78, 5) is 11.6. The first-order valence-corrected chi connectivity index (χ1v) is 6.25. The summed E-state index contributed by atoms with van der Waals surface area (Å²) in [5.41, 5.74) is 5.55. The number of hydrogen-bond donors (Lipinski definition) is 2. The van der Waals surface area contributed by atoms with Crippen molar-refractivity contribution < 1.29 is 4.79 Å². The van der Waals surface area contributed by atoms with Gasteiger partial charge in [-0.2, -0.15) is 0 Å². The monoisotopic (exact) mass is 212 g/mol. The summed E-state index contributed by atoms with van der Waals surface area (Å²) in [5, 5.41) is 3.06. The largest absolute Gasteiger partial charge is 0.356 e. The molecule has 15 heavy (non-hydrogen) atoms. The van der Waals surface area contributed by atoms with Gasteiger partial charge in [-0.25, -0.2) is 0 Å². The fourth-order valence-electron chi connectivity index (χ4n) is 2.05. The molecule has 88 valence electrons. The van der Waals surface area contributed by atoms with E-state index in [1.54, 1.807) is 0 Å². The molecule has 0 spiro atoms. The fraction of sp³-hybridized carbons (Fsp3) is 0.917. The molecule has 1 amide bonds. The van der Waals surface area contributed by atoms with Crippen LogP contribution in [0.2, 0.25) is 0 Å². The van der Waals surface area contributed by atoms with Gasteiger partial charge in [-0.05, 0) is 38.1 Å². The highest BCUT2D eigenvalue weighted by Gasteiger charge is 2.25. The molecule has 0 aromatic rings. The molecular formula is C12H24N2O. The SMILES string of the molecule is CCCC(CCN)CNC(=O)C1CCC1. The van der Waals surface area contributed by atoms with Gasteiger partial charge in [-0.1, -0.05) is 19.8 Å². The molecule has 1 aliphatic carbocycles. The number of hydrogen-bond acceptors (Lipinski definition) is 2. The van der Waals surface area contributed by atoms with Crippen LogP contribution in [-0.4, -0.2) is 19.0 Å². The lowest BCUT2D eigenvalue weighted by Crippen LogP contribution is -2.37. The van der Waals surface area contributed by atoms with E-state index in [-0.39, 0.29) is 5.91 Å². The molecule has 1 aliphatic rings. The molecule has 1 unspecified atom stereocenters. The van der Waals surface area contributed by atoms with Gasteiger partial charge in [-0.3, -0.25) is 4.79 Å². The molecule has 3 heteroatoms. The molecule has 0 saturated heterocycles. The highest BCUT2D eigenvalue weighted by Crippen LogP contribution is 2.26. The molecule has 1 saturated carbocycles. The summed E-state index contributed by atoms with van der Waals surface area (Å²) in [7, 11) is 0. The Hall–Kier alpha value is -0.570. The molecule has 3 nitrogen and oxygen atoms in total. The Balaban J connectivity index is 2.16. The molecule has 0 aromatic heterocycles. The van der Waals surface area contributed by atoms with Crippen molar-refractivity contribution in [3.8, 4) is 0 Å². The van der Waals surface area contributed by atoms with E-state index in [1.165, 1.54) is 19.3 Å². The summed E-state index contributed by atoms with van der Waals surface area (Å²) < 4.78 is 0. The third kappa shape index (κ3) is 4.20. The van der Waals surface area contributed by atoms with Crippen molar-refractivity contribution >= 4 is 5.91 Å². The lowest BCUT2D eigenvalue weighted by Gasteiger charge is -2.25. The van der Waals surface area contributed by atoms with Crippen molar-refractivity contribution in [2.24, 2.45) is 17.6 Å². The van der Waals surface area contributed by atoms with E-state index in [2.05, 4.69) is 12.2 Å². The maximum atomic E-state index is 11.6. The Morgan fingerprint density at radius 2 is 2.20 bits per heavy atom. The molecule has 0 radical (unpaired) electrons. The molecule has 0 bridgehead atoms. The second-order valence-electron chi connectivity index (χ2n) is 4.61. The van der Waals surface area contributed by atoms with Gasteiger partial charge in [0.1, 0.15) is 0 Å². The first-order valence-electron chi connectivity index (χ1n) is 6.25. The Labute approximate surface area is 92.8 Å². The van der Waals surface area contributed by atoms with E-state index in [1.807, 2.05) is 0 Å². The summed E-state index contributed by atoms with van der Waals surface area (Å²) in [5.74, 6) is 1.15. The van der Waals surface area contributed by atoms with Crippen LogP contribution in [0.15, 0.2) is 0 Å². The topological polar surface area (TPSA) is 55.1 Å². The van der Waals surface area contributed by atoms with Crippen molar-refractivity contribution in [3.05, 3.63) is 0 Å². The van der Waals surface area contributed by atoms with Crippen LogP contribution in [0, 0.1) is 11.8 Å². The predicted molar refractivity (Wildman–Crippen MR) is 62.4 cm³/mol. The van der Waals surface area contributed by atoms with Crippen LogP contribution in [-0.2, 0) is 4.79 Å². The number of rotatable bonds is 7. The zero-order chi connectivity index (χ0) is 11.1. The third-order valence-electron chi connectivity index (χ3n) is 3.31. The highest BCUT2D eigenvalue weighted by atomic mass is 16.1. The number of carbonyl (C=O) groups excluding carboxylic acids is 1. The van der Waals surface area contributed by atoms with Crippen molar-refractivity contribution in [2.45, 2.75) is 45.4 Å². The highest BCUT2D eigenvalue weighted by molar-refractivity contribution is 5.79. The van der Waals surface area contributed by atoms with Crippen LogP contribution < -0.4 is 11.1 Å². The number of carbonyl (C=O) groups is 1. The quantitative estimate of drug-likeness (QED) is 0.674. The van der Waals surface area contributed by atoms with Gasteiger partial charge in [0.2, 0.25) is 5.91 Å². The third-order valence-corrected chi connectivity index (χ3v) is 3.31. The van der Waals surface area contributed by atoms with Crippen LogP contribution in [0.4, 0.5) is 0 Å². The first-order chi connectivity index (χ1) is 7.27. The van der Waals surface area contributed by atoms with Crippen LogP contribution in [0.25, 0.3) is 0 Å². The summed E-state index contributed by atoms with van der Waals surface area (Å²) >= 11 is 0. The van der Waals surface area contributed by atoms with Crippen LogP contribution in [0.1, 0.15) is 45.4 Å². The molecule has 0 aliphatic heterocycles. The van der Waals surface area contributed by atoms with Gasteiger partial charge in [-0.15, -0.1) is 0 Å². The minimum absolute atomic E-state index is 0.263. The molecule has 1 rings (SSSR count). The zero-order valence-electron chi connectivity index (χ0n) is 9.80. The van der Waals surface area contributed by atoms with Crippen molar-refractivity contribution in [2.75, 3.05) is 13.1 Å². The van der Waals surface area contributed by atoms with E-state index in [4.69, 9.17) is 5.73 Å². The van der Waals surface area contributed by atoms with Crippen molar-refractivity contribution in [1.29, 1.82) is 0 Å². The van der Waals surface area contributed by atoms with E-state index < -0.39 is 0 Å². The average Bonchev–Trinajstić information content (AvgIpc) is 2.12. The van der Waals surface area contributed by atoms with Crippen molar-refractivity contribution in [3.63, 3.8) is 0 Å². The number of nitrogens with two attached hydrogens (primary N) is 1. The molecule has 0 aromatic carbocycles. The number of nitrogens with one attached hydrogen (secondary N) is 1.